The number of methoxy groups -OCH3 is 1. The van der Waals surface area contributed by atoms with Crippen LogP contribution >= 0.6 is 11.3 Å². The Bertz CT molecular complexity index is 736. The average Bonchev–Trinajstić information content (AvgIpc) is 2.99. The third-order valence-electron chi connectivity index (χ3n) is 3.41. The van der Waals surface area contributed by atoms with Gasteiger partial charge in [-0.15, -0.1) is 11.3 Å². The molecule has 1 N–H and O–H groups in total. The zero-order chi connectivity index (χ0) is 15.4. The summed E-state index contributed by atoms with van der Waals surface area (Å²) in [5.41, 5.74) is 3.25. The lowest BCUT2D eigenvalue weighted by Crippen LogP contribution is -1.90. The summed E-state index contributed by atoms with van der Waals surface area (Å²) in [5.74, 6) is 0.851. The van der Waals surface area contributed by atoms with E-state index in [2.05, 4.69) is 24.4 Å². The maximum absolute atomic E-state index is 5.18. The monoisotopic (exact) mass is 310 g/mol. The Morgan fingerprint density at radius 1 is 1.05 bits per heavy atom. The minimum absolute atomic E-state index is 0.851. The number of thiazole rings is 1. The van der Waals surface area contributed by atoms with E-state index in [0.717, 1.165) is 28.7 Å². The van der Waals surface area contributed by atoms with Gasteiger partial charge in [-0.2, -0.15) is 0 Å². The Morgan fingerprint density at radius 2 is 1.77 bits per heavy atom. The van der Waals surface area contributed by atoms with Crippen LogP contribution in [0, 0.1) is 0 Å². The molecule has 0 bridgehead atoms. The molecular weight excluding hydrogens is 292 g/mol. The Morgan fingerprint density at radius 3 is 2.41 bits per heavy atom. The number of rotatable bonds is 5. The van der Waals surface area contributed by atoms with E-state index in [-0.39, 0.29) is 0 Å². The van der Waals surface area contributed by atoms with E-state index in [4.69, 9.17) is 9.72 Å². The second kappa shape index (κ2) is 6.62. The smallest absolute Gasteiger partial charge is 0.187 e. The minimum Gasteiger partial charge on any atom is -0.497 e. The fourth-order valence-electron chi connectivity index (χ4n) is 2.26. The van der Waals surface area contributed by atoms with Crippen LogP contribution in [0.1, 0.15) is 11.8 Å². The van der Waals surface area contributed by atoms with Crippen molar-refractivity contribution >= 4 is 22.2 Å². The van der Waals surface area contributed by atoms with Gasteiger partial charge in [0.15, 0.2) is 5.13 Å². The van der Waals surface area contributed by atoms with E-state index in [1.807, 2.05) is 42.5 Å². The summed E-state index contributed by atoms with van der Waals surface area (Å²) < 4.78 is 5.18. The zero-order valence-corrected chi connectivity index (χ0v) is 13.5. The van der Waals surface area contributed by atoms with Gasteiger partial charge in [0.05, 0.1) is 12.8 Å². The number of hydrogen-bond donors (Lipinski definition) is 1. The van der Waals surface area contributed by atoms with Gasteiger partial charge >= 0.3 is 0 Å². The van der Waals surface area contributed by atoms with E-state index < -0.39 is 0 Å². The highest BCUT2D eigenvalue weighted by molar-refractivity contribution is 7.16. The van der Waals surface area contributed by atoms with Gasteiger partial charge in [0, 0.05) is 16.1 Å². The first-order valence-electron chi connectivity index (χ1n) is 7.26. The Labute approximate surface area is 134 Å². The van der Waals surface area contributed by atoms with Crippen LogP contribution in [0.15, 0.2) is 54.6 Å². The molecule has 0 atom stereocenters. The van der Waals surface area contributed by atoms with Gasteiger partial charge in [-0.1, -0.05) is 37.3 Å². The van der Waals surface area contributed by atoms with Gasteiger partial charge in [0.25, 0.3) is 0 Å². The molecule has 0 spiro atoms. The van der Waals surface area contributed by atoms with Crippen molar-refractivity contribution < 1.29 is 4.74 Å². The summed E-state index contributed by atoms with van der Waals surface area (Å²) in [5, 5.41) is 4.29. The molecule has 0 saturated carbocycles. The van der Waals surface area contributed by atoms with Gasteiger partial charge in [-0.25, -0.2) is 4.98 Å². The Hall–Kier alpha value is -2.33. The van der Waals surface area contributed by atoms with Crippen LogP contribution in [0.4, 0.5) is 10.8 Å². The van der Waals surface area contributed by atoms with Crippen LogP contribution in [0.25, 0.3) is 11.3 Å². The van der Waals surface area contributed by atoms with Crippen molar-refractivity contribution in [1.82, 2.24) is 4.98 Å². The molecule has 112 valence electrons. The van der Waals surface area contributed by atoms with E-state index in [1.54, 1.807) is 18.4 Å². The molecule has 0 unspecified atom stereocenters. The highest BCUT2D eigenvalue weighted by Crippen LogP contribution is 2.33. The van der Waals surface area contributed by atoms with Gasteiger partial charge in [-0.05, 0) is 30.7 Å². The maximum Gasteiger partial charge on any atom is 0.187 e. The predicted octanol–water partition coefficient (Wildman–Crippen LogP) is 5.12. The van der Waals surface area contributed by atoms with Crippen LogP contribution < -0.4 is 10.1 Å². The quantitative estimate of drug-likeness (QED) is 0.710. The Kier molecular flexibility index (Phi) is 4.39. The molecule has 1 aromatic heterocycles. The van der Waals surface area contributed by atoms with E-state index in [9.17, 15) is 0 Å². The second-order valence-electron chi connectivity index (χ2n) is 4.86. The first kappa shape index (κ1) is 14.6. The average molecular weight is 310 g/mol. The third-order valence-corrected chi connectivity index (χ3v) is 4.52. The molecule has 0 aliphatic heterocycles. The first-order valence-corrected chi connectivity index (χ1v) is 8.08. The van der Waals surface area contributed by atoms with Crippen LogP contribution in [0.2, 0.25) is 0 Å². The molecule has 0 radical (unpaired) electrons. The summed E-state index contributed by atoms with van der Waals surface area (Å²) >= 11 is 1.71. The zero-order valence-electron chi connectivity index (χ0n) is 12.7. The highest BCUT2D eigenvalue weighted by Gasteiger charge is 2.11. The summed E-state index contributed by atoms with van der Waals surface area (Å²) in [7, 11) is 1.67. The minimum atomic E-state index is 0.851. The lowest BCUT2D eigenvalue weighted by molar-refractivity contribution is 0.415. The molecule has 0 saturated heterocycles. The van der Waals surface area contributed by atoms with Crippen molar-refractivity contribution in [2.45, 2.75) is 13.3 Å². The molecule has 3 nitrogen and oxygen atoms in total. The number of ether oxygens (including phenoxy) is 1. The topological polar surface area (TPSA) is 34.1 Å². The first-order chi connectivity index (χ1) is 10.8. The van der Waals surface area contributed by atoms with Crippen molar-refractivity contribution in [2.75, 3.05) is 12.4 Å². The summed E-state index contributed by atoms with van der Waals surface area (Å²) in [6, 6.07) is 18.2. The van der Waals surface area contributed by atoms with Crippen molar-refractivity contribution in [1.29, 1.82) is 0 Å². The lowest BCUT2D eigenvalue weighted by Gasteiger charge is -2.03. The van der Waals surface area contributed by atoms with Crippen molar-refractivity contribution in [3.63, 3.8) is 0 Å². The molecule has 4 heteroatoms. The number of aryl methyl sites for hydroxylation is 1. The molecule has 0 aliphatic carbocycles. The molecule has 3 rings (SSSR count). The maximum atomic E-state index is 5.18. The number of hydrogen-bond acceptors (Lipinski definition) is 4. The van der Waals surface area contributed by atoms with Crippen LogP contribution in [0.3, 0.4) is 0 Å². The molecular formula is C18H18N2OS. The lowest BCUT2D eigenvalue weighted by atomic mass is 10.1. The largest absolute Gasteiger partial charge is 0.497 e. The Balaban J connectivity index is 1.87. The third kappa shape index (κ3) is 3.12. The standard InChI is InChI=1S/C18H18N2OS/c1-3-16-17(13-7-5-4-6-8-13)20-18(22-16)19-14-9-11-15(21-2)12-10-14/h4-12H,3H2,1-2H3,(H,19,20). The van der Waals surface area contributed by atoms with Crippen LogP contribution in [0.5, 0.6) is 5.75 Å². The fourth-order valence-corrected chi connectivity index (χ4v) is 3.21. The van der Waals surface area contributed by atoms with Crippen molar-refractivity contribution in [2.24, 2.45) is 0 Å². The van der Waals surface area contributed by atoms with Gasteiger partial charge < -0.3 is 10.1 Å². The second-order valence-corrected chi connectivity index (χ2v) is 5.95. The molecule has 3 aromatic rings. The highest BCUT2D eigenvalue weighted by atomic mass is 32.1. The molecule has 1 heterocycles. The van der Waals surface area contributed by atoms with Gasteiger partial charge in [0.2, 0.25) is 0 Å². The molecule has 22 heavy (non-hydrogen) atoms. The summed E-state index contributed by atoms with van der Waals surface area (Å²) in [4.78, 5) is 6.06. The molecule has 0 fully saturated rings. The number of benzene rings is 2. The van der Waals surface area contributed by atoms with Crippen molar-refractivity contribution in [3.8, 4) is 17.0 Å². The van der Waals surface area contributed by atoms with E-state index in [1.165, 1.54) is 10.4 Å². The fraction of sp³-hybridized carbons (Fsp3) is 0.167. The van der Waals surface area contributed by atoms with Crippen molar-refractivity contribution in [3.05, 3.63) is 59.5 Å². The summed E-state index contributed by atoms with van der Waals surface area (Å²) in [6.07, 6.45) is 0.978. The van der Waals surface area contributed by atoms with Gasteiger partial charge in [-0.3, -0.25) is 0 Å². The van der Waals surface area contributed by atoms with Crippen LogP contribution in [-0.2, 0) is 6.42 Å². The normalized spacial score (nSPS) is 10.5. The van der Waals surface area contributed by atoms with Gasteiger partial charge in [0.1, 0.15) is 5.75 Å². The van der Waals surface area contributed by atoms with E-state index >= 15 is 0 Å². The molecule has 0 aliphatic rings. The van der Waals surface area contributed by atoms with E-state index in [0.29, 0.717) is 0 Å². The number of anilines is 2. The van der Waals surface area contributed by atoms with Crippen LogP contribution in [-0.4, -0.2) is 12.1 Å². The molecule has 2 aromatic carbocycles. The number of nitrogens with one attached hydrogen (secondary N) is 1. The number of aromatic nitrogens is 1. The predicted molar refractivity (Wildman–Crippen MR) is 93.2 cm³/mol. The molecule has 0 amide bonds. The number of nitrogens with zero attached hydrogens (tertiary/aromatic N) is 1. The SMILES string of the molecule is CCc1sc(Nc2ccc(OC)cc2)nc1-c1ccccc1. The summed E-state index contributed by atoms with van der Waals surface area (Å²) in [6.45, 7) is 2.16.